The lowest BCUT2D eigenvalue weighted by Gasteiger charge is -2.60. The Hall–Kier alpha value is -1.31. The Morgan fingerprint density at radius 1 is 1.09 bits per heavy atom. The highest BCUT2D eigenvalue weighted by molar-refractivity contribution is 6.47. The molecule has 0 bridgehead atoms. The Bertz CT molecular complexity index is 929. The second-order valence-electron chi connectivity index (χ2n) is 10.8. The van der Waals surface area contributed by atoms with Crippen LogP contribution in [0, 0.1) is 33.9 Å². The molecule has 1 aliphatic rings. The van der Waals surface area contributed by atoms with Crippen molar-refractivity contribution in [3.05, 3.63) is 26.7 Å². The first-order chi connectivity index (χ1) is 14.4. The standard InChI is InChI=1S/C22H30Cl3FN2O4/c1-10-16(21(5,6)7)22(18(29)30,12(20(2,3)4)9-28(10)19(31)32)8-11-15(26)13(23)14(24)17(25)27-11/h10,12,16H,8-9H2,1-7H3,(H,29,30)(H,31,32)/t10-,12?,16?,22-/m1/s1. The average Bonchev–Trinajstić information content (AvgIpc) is 2.61. The highest BCUT2D eigenvalue weighted by atomic mass is 35.5. The van der Waals surface area contributed by atoms with Crippen LogP contribution < -0.4 is 0 Å². The third-order valence-electron chi connectivity index (χ3n) is 6.67. The van der Waals surface area contributed by atoms with Gasteiger partial charge in [-0.1, -0.05) is 76.3 Å². The van der Waals surface area contributed by atoms with Crippen molar-refractivity contribution >= 4 is 46.9 Å². The van der Waals surface area contributed by atoms with E-state index in [1.54, 1.807) is 6.92 Å². The van der Waals surface area contributed by atoms with E-state index in [-0.39, 0.29) is 28.8 Å². The number of hydrogen-bond acceptors (Lipinski definition) is 3. The molecule has 10 heteroatoms. The first-order valence-electron chi connectivity index (χ1n) is 10.3. The lowest BCUT2D eigenvalue weighted by molar-refractivity contribution is -0.184. The molecule has 32 heavy (non-hydrogen) atoms. The summed E-state index contributed by atoms with van der Waals surface area (Å²) in [5.74, 6) is -3.41. The van der Waals surface area contributed by atoms with E-state index in [4.69, 9.17) is 34.8 Å². The van der Waals surface area contributed by atoms with Crippen LogP contribution in [0.15, 0.2) is 0 Å². The van der Waals surface area contributed by atoms with Gasteiger partial charge in [0.05, 0.1) is 21.2 Å². The van der Waals surface area contributed by atoms with Crippen LogP contribution in [-0.2, 0) is 11.2 Å². The molecule has 1 aromatic rings. The van der Waals surface area contributed by atoms with Gasteiger partial charge in [-0.25, -0.2) is 14.2 Å². The Kier molecular flexibility index (Phi) is 7.41. The third kappa shape index (κ3) is 4.53. The highest BCUT2D eigenvalue weighted by Crippen LogP contribution is 2.58. The molecule has 2 N–H and O–H groups in total. The van der Waals surface area contributed by atoms with Crippen LogP contribution in [0.1, 0.15) is 54.2 Å². The molecular weight excluding hydrogens is 482 g/mol. The van der Waals surface area contributed by atoms with Gasteiger partial charge in [-0.2, -0.15) is 0 Å². The fourth-order valence-corrected chi connectivity index (χ4v) is 6.23. The molecule has 1 saturated heterocycles. The van der Waals surface area contributed by atoms with E-state index >= 15 is 4.39 Å². The number of rotatable bonds is 3. The molecule has 2 heterocycles. The Morgan fingerprint density at radius 2 is 1.62 bits per heavy atom. The van der Waals surface area contributed by atoms with Crippen LogP contribution in [0.5, 0.6) is 0 Å². The fourth-order valence-electron chi connectivity index (χ4n) is 5.66. The quantitative estimate of drug-likeness (QED) is 0.452. The number of pyridine rings is 1. The van der Waals surface area contributed by atoms with Gasteiger partial charge in [-0.15, -0.1) is 0 Å². The number of carbonyl (C=O) groups is 2. The smallest absolute Gasteiger partial charge is 0.407 e. The van der Waals surface area contributed by atoms with Crippen molar-refractivity contribution in [2.24, 2.45) is 28.1 Å². The van der Waals surface area contributed by atoms with Crippen molar-refractivity contribution in [1.82, 2.24) is 9.88 Å². The predicted molar refractivity (Wildman–Crippen MR) is 123 cm³/mol. The summed E-state index contributed by atoms with van der Waals surface area (Å²) in [6.07, 6.45) is -1.44. The highest BCUT2D eigenvalue weighted by Gasteiger charge is 2.64. The molecule has 0 saturated carbocycles. The average molecular weight is 512 g/mol. The van der Waals surface area contributed by atoms with E-state index in [9.17, 15) is 19.8 Å². The minimum Gasteiger partial charge on any atom is -0.481 e. The first-order valence-corrected chi connectivity index (χ1v) is 11.4. The van der Waals surface area contributed by atoms with Gasteiger partial charge >= 0.3 is 12.1 Å². The summed E-state index contributed by atoms with van der Waals surface area (Å²) in [6.45, 7) is 12.8. The Morgan fingerprint density at radius 3 is 2.03 bits per heavy atom. The van der Waals surface area contributed by atoms with Crippen LogP contribution in [0.3, 0.4) is 0 Å². The van der Waals surface area contributed by atoms with Crippen LogP contribution >= 0.6 is 34.8 Å². The van der Waals surface area contributed by atoms with Gasteiger partial charge in [0.15, 0.2) is 5.82 Å². The Balaban J connectivity index is 2.90. The summed E-state index contributed by atoms with van der Waals surface area (Å²) >= 11 is 18.0. The molecule has 1 fully saturated rings. The van der Waals surface area contributed by atoms with Crippen LogP contribution in [0.25, 0.3) is 0 Å². The maximum absolute atomic E-state index is 15.1. The van der Waals surface area contributed by atoms with E-state index in [1.165, 1.54) is 4.90 Å². The van der Waals surface area contributed by atoms with E-state index in [0.717, 1.165) is 0 Å². The lowest BCUT2D eigenvalue weighted by atomic mass is 9.48. The second kappa shape index (κ2) is 8.80. The SMILES string of the molecule is C[C@@H]1C(C(C)(C)C)[C@](Cc2nc(Cl)c(Cl)c(Cl)c2F)(C(=O)O)C(C(C)(C)C)CN1C(=O)O. The number of nitrogens with zero attached hydrogens (tertiary/aromatic N) is 2. The molecular formula is C22H30Cl3FN2O4. The minimum atomic E-state index is -1.56. The number of amides is 1. The topological polar surface area (TPSA) is 90.7 Å². The largest absolute Gasteiger partial charge is 0.481 e. The van der Waals surface area contributed by atoms with Crippen LogP contribution in [-0.4, -0.2) is 44.7 Å². The summed E-state index contributed by atoms with van der Waals surface area (Å²) in [4.78, 5) is 30.6. The molecule has 0 aromatic carbocycles. The van der Waals surface area contributed by atoms with Gasteiger partial charge in [-0.3, -0.25) is 4.79 Å². The van der Waals surface area contributed by atoms with Crippen molar-refractivity contribution in [1.29, 1.82) is 0 Å². The zero-order valence-corrected chi connectivity index (χ0v) is 21.5. The number of carboxylic acid groups (broad SMARTS) is 2. The van der Waals surface area contributed by atoms with E-state index in [0.29, 0.717) is 0 Å². The number of halogens is 4. The van der Waals surface area contributed by atoms with Gasteiger partial charge in [0.25, 0.3) is 0 Å². The number of carboxylic acids is 1. The van der Waals surface area contributed by atoms with Crippen molar-refractivity contribution < 1.29 is 24.2 Å². The van der Waals surface area contributed by atoms with Crippen LogP contribution in [0.2, 0.25) is 15.2 Å². The van der Waals surface area contributed by atoms with Crippen molar-refractivity contribution in [3.63, 3.8) is 0 Å². The zero-order chi connectivity index (χ0) is 25.0. The van der Waals surface area contributed by atoms with Crippen molar-refractivity contribution in [2.75, 3.05) is 6.54 Å². The normalized spacial score (nSPS) is 26.8. The number of piperidine rings is 1. The Labute approximate surface area is 203 Å². The molecule has 0 aliphatic carbocycles. The van der Waals surface area contributed by atoms with Gasteiger partial charge in [0.1, 0.15) is 5.15 Å². The summed E-state index contributed by atoms with van der Waals surface area (Å²) in [5, 5.41) is 19.7. The maximum atomic E-state index is 15.1. The van der Waals surface area contributed by atoms with Crippen molar-refractivity contribution in [2.45, 2.75) is 60.9 Å². The number of hydrogen-bond donors (Lipinski definition) is 2. The third-order valence-corrected chi connectivity index (χ3v) is 7.86. The van der Waals surface area contributed by atoms with E-state index < -0.39 is 57.0 Å². The fraction of sp³-hybridized carbons (Fsp3) is 0.682. The summed E-state index contributed by atoms with van der Waals surface area (Å²) < 4.78 is 15.1. The zero-order valence-electron chi connectivity index (χ0n) is 19.3. The maximum Gasteiger partial charge on any atom is 0.407 e. The minimum absolute atomic E-state index is 0.0183. The number of likely N-dealkylation sites (tertiary alicyclic amines) is 1. The van der Waals surface area contributed by atoms with Gasteiger partial charge in [0, 0.05) is 24.9 Å². The summed E-state index contributed by atoms with van der Waals surface area (Å²) in [6, 6.07) is -0.650. The van der Waals surface area contributed by atoms with Crippen molar-refractivity contribution in [3.8, 4) is 0 Å². The number of aliphatic carboxylic acids is 1. The summed E-state index contributed by atoms with van der Waals surface area (Å²) in [5.41, 5.74) is -3.04. The molecule has 2 unspecified atom stereocenters. The molecule has 4 atom stereocenters. The molecule has 180 valence electrons. The molecule has 0 radical (unpaired) electrons. The molecule has 1 aliphatic heterocycles. The second-order valence-corrected chi connectivity index (χ2v) is 11.9. The van der Waals surface area contributed by atoms with Gasteiger partial charge < -0.3 is 15.1 Å². The molecule has 1 amide bonds. The molecule has 0 spiro atoms. The molecule has 6 nitrogen and oxygen atoms in total. The van der Waals surface area contributed by atoms with Gasteiger partial charge in [0.2, 0.25) is 0 Å². The summed E-state index contributed by atoms with van der Waals surface area (Å²) in [7, 11) is 0. The van der Waals surface area contributed by atoms with E-state index in [1.807, 2.05) is 41.5 Å². The first kappa shape index (κ1) is 26.9. The lowest BCUT2D eigenvalue weighted by Crippen LogP contribution is -2.68. The molecule has 1 aromatic heterocycles. The number of aromatic nitrogens is 1. The molecule has 2 rings (SSSR count). The van der Waals surface area contributed by atoms with E-state index in [2.05, 4.69) is 4.98 Å². The van der Waals surface area contributed by atoms with Gasteiger partial charge in [-0.05, 0) is 23.7 Å². The predicted octanol–water partition coefficient (Wildman–Crippen LogP) is 6.50. The van der Waals surface area contributed by atoms with Crippen LogP contribution in [0.4, 0.5) is 9.18 Å². The monoisotopic (exact) mass is 510 g/mol.